The van der Waals surface area contributed by atoms with Crippen LogP contribution in [-0.4, -0.2) is 16.9 Å². The van der Waals surface area contributed by atoms with Crippen LogP contribution < -0.4 is 10.5 Å². The molecule has 2 N–H and O–H groups in total. The number of amides is 1. The molecule has 0 saturated heterocycles. The highest BCUT2D eigenvalue weighted by atomic mass is 35.5. The monoisotopic (exact) mass is 394 g/mol. The molecular weight excluding hydrogens is 376 g/mol. The molecule has 0 aliphatic rings. The largest absolute Gasteiger partial charge is 0.406 e. The summed E-state index contributed by atoms with van der Waals surface area (Å²) in [7, 11) is 0. The minimum absolute atomic E-state index is 0.0350. The van der Waals surface area contributed by atoms with Gasteiger partial charge in [0, 0.05) is 18.2 Å². The molecule has 0 fully saturated rings. The molecule has 1 amide bonds. The maximum Gasteiger partial charge on any atom is 0.312 e. The van der Waals surface area contributed by atoms with Gasteiger partial charge >= 0.3 is 5.97 Å². The van der Waals surface area contributed by atoms with Crippen LogP contribution in [0.25, 0.3) is 22.3 Å². The number of hydrogen-bond donors (Lipinski definition) is 1. The van der Waals surface area contributed by atoms with Gasteiger partial charge in [0.1, 0.15) is 5.02 Å². The van der Waals surface area contributed by atoms with Crippen molar-refractivity contribution in [1.82, 2.24) is 4.98 Å². The summed E-state index contributed by atoms with van der Waals surface area (Å²) in [6, 6.07) is 17.4. The average molecular weight is 395 g/mol. The molecule has 0 radical (unpaired) electrons. The standard InChI is InChI=1S/C22H19ClN2O3/c1-2-6-18(26)28-22-20(23)19(17(13-25-22)21(24)27)16-11-9-15(10-12-16)14-7-4-3-5-8-14/h3-5,7-13H,2,6H2,1H3,(H2,24,27). The molecule has 142 valence electrons. The van der Waals surface area contributed by atoms with E-state index in [1.54, 1.807) is 0 Å². The lowest BCUT2D eigenvalue weighted by Gasteiger charge is -2.13. The van der Waals surface area contributed by atoms with Gasteiger partial charge in [-0.3, -0.25) is 9.59 Å². The number of nitrogens with two attached hydrogens (primary N) is 1. The summed E-state index contributed by atoms with van der Waals surface area (Å²) in [5.41, 5.74) is 8.81. The lowest BCUT2D eigenvalue weighted by Crippen LogP contribution is -2.15. The fourth-order valence-electron chi connectivity index (χ4n) is 2.83. The van der Waals surface area contributed by atoms with Crippen LogP contribution in [0.5, 0.6) is 5.88 Å². The Morgan fingerprint density at radius 3 is 2.21 bits per heavy atom. The number of pyridine rings is 1. The first-order valence-electron chi connectivity index (χ1n) is 8.86. The van der Waals surface area contributed by atoms with E-state index in [1.165, 1.54) is 6.20 Å². The number of primary amides is 1. The Labute approximate surface area is 168 Å². The lowest BCUT2D eigenvalue weighted by molar-refractivity contribution is -0.134. The molecule has 1 aromatic heterocycles. The minimum Gasteiger partial charge on any atom is -0.406 e. The van der Waals surface area contributed by atoms with Crippen LogP contribution in [-0.2, 0) is 4.79 Å². The average Bonchev–Trinajstić information content (AvgIpc) is 2.70. The van der Waals surface area contributed by atoms with Gasteiger partial charge in [0.05, 0.1) is 5.56 Å². The van der Waals surface area contributed by atoms with Crippen molar-refractivity contribution < 1.29 is 14.3 Å². The maximum absolute atomic E-state index is 11.9. The Hall–Kier alpha value is -3.18. The quantitative estimate of drug-likeness (QED) is 0.604. The maximum atomic E-state index is 11.9. The van der Waals surface area contributed by atoms with Crippen molar-refractivity contribution in [3.05, 3.63) is 71.4 Å². The van der Waals surface area contributed by atoms with Crippen molar-refractivity contribution in [2.75, 3.05) is 0 Å². The van der Waals surface area contributed by atoms with Crippen LogP contribution in [0.2, 0.25) is 5.02 Å². The third-order valence-electron chi connectivity index (χ3n) is 4.20. The van der Waals surface area contributed by atoms with Gasteiger partial charge in [-0.25, -0.2) is 4.98 Å². The predicted octanol–water partition coefficient (Wildman–Crippen LogP) is 4.87. The second-order valence-electron chi connectivity index (χ2n) is 6.20. The number of rotatable bonds is 6. The number of nitrogens with zero attached hydrogens (tertiary/aromatic N) is 1. The van der Waals surface area contributed by atoms with Crippen molar-refractivity contribution in [1.29, 1.82) is 0 Å². The number of aromatic nitrogens is 1. The van der Waals surface area contributed by atoms with Crippen molar-refractivity contribution in [2.45, 2.75) is 19.8 Å². The molecule has 28 heavy (non-hydrogen) atoms. The van der Waals surface area contributed by atoms with E-state index < -0.39 is 11.9 Å². The number of benzene rings is 2. The summed E-state index contributed by atoms with van der Waals surface area (Å²) in [4.78, 5) is 27.7. The van der Waals surface area contributed by atoms with Gasteiger partial charge < -0.3 is 10.5 Å². The molecule has 0 unspecified atom stereocenters. The van der Waals surface area contributed by atoms with E-state index in [1.807, 2.05) is 61.5 Å². The highest BCUT2D eigenvalue weighted by Crippen LogP contribution is 2.37. The number of hydrogen-bond acceptors (Lipinski definition) is 4. The first-order valence-corrected chi connectivity index (χ1v) is 9.24. The molecular formula is C22H19ClN2O3. The van der Waals surface area contributed by atoms with E-state index in [4.69, 9.17) is 22.1 Å². The first-order chi connectivity index (χ1) is 13.5. The van der Waals surface area contributed by atoms with E-state index in [0.29, 0.717) is 17.5 Å². The fourth-order valence-corrected chi connectivity index (χ4v) is 3.13. The normalized spacial score (nSPS) is 10.5. The van der Waals surface area contributed by atoms with Crippen molar-refractivity contribution >= 4 is 23.5 Å². The summed E-state index contributed by atoms with van der Waals surface area (Å²) in [6.45, 7) is 1.87. The van der Waals surface area contributed by atoms with Gasteiger partial charge in [-0.15, -0.1) is 0 Å². The third-order valence-corrected chi connectivity index (χ3v) is 4.55. The zero-order chi connectivity index (χ0) is 20.1. The SMILES string of the molecule is CCCC(=O)Oc1ncc(C(N)=O)c(-c2ccc(-c3ccccc3)cc2)c1Cl. The van der Waals surface area contributed by atoms with Crippen LogP contribution in [0, 0.1) is 0 Å². The van der Waals surface area contributed by atoms with Gasteiger partial charge in [0.2, 0.25) is 5.88 Å². The van der Waals surface area contributed by atoms with Gasteiger partial charge in [-0.1, -0.05) is 73.1 Å². The van der Waals surface area contributed by atoms with E-state index in [-0.39, 0.29) is 22.9 Å². The second kappa shape index (κ2) is 8.67. The Bertz CT molecular complexity index is 1000. The highest BCUT2D eigenvalue weighted by molar-refractivity contribution is 6.35. The fraction of sp³-hybridized carbons (Fsp3) is 0.136. The van der Waals surface area contributed by atoms with E-state index >= 15 is 0 Å². The molecule has 0 saturated carbocycles. The summed E-state index contributed by atoms with van der Waals surface area (Å²) < 4.78 is 5.24. The number of halogens is 1. The predicted molar refractivity (Wildman–Crippen MR) is 109 cm³/mol. The summed E-state index contributed by atoms with van der Waals surface area (Å²) >= 11 is 6.45. The van der Waals surface area contributed by atoms with E-state index in [9.17, 15) is 9.59 Å². The highest BCUT2D eigenvalue weighted by Gasteiger charge is 2.20. The van der Waals surface area contributed by atoms with Crippen molar-refractivity contribution in [2.24, 2.45) is 5.73 Å². The van der Waals surface area contributed by atoms with Gasteiger partial charge in [0.25, 0.3) is 5.91 Å². The molecule has 0 aliphatic carbocycles. The molecule has 5 nitrogen and oxygen atoms in total. The van der Waals surface area contributed by atoms with Crippen LogP contribution in [0.15, 0.2) is 60.8 Å². The molecule has 2 aromatic carbocycles. The molecule has 3 aromatic rings. The Morgan fingerprint density at radius 2 is 1.61 bits per heavy atom. The van der Waals surface area contributed by atoms with Gasteiger partial charge in [-0.2, -0.15) is 0 Å². The topological polar surface area (TPSA) is 82.3 Å². The molecule has 0 spiro atoms. The van der Waals surface area contributed by atoms with E-state index in [0.717, 1.165) is 11.1 Å². The number of carbonyl (C=O) groups is 2. The number of carbonyl (C=O) groups excluding carboxylic acids is 2. The Morgan fingerprint density at radius 1 is 1.00 bits per heavy atom. The van der Waals surface area contributed by atoms with Crippen LogP contribution in [0.4, 0.5) is 0 Å². The van der Waals surface area contributed by atoms with Gasteiger partial charge in [-0.05, 0) is 23.1 Å². The smallest absolute Gasteiger partial charge is 0.312 e. The molecule has 0 bridgehead atoms. The molecule has 6 heteroatoms. The zero-order valence-electron chi connectivity index (χ0n) is 15.3. The summed E-state index contributed by atoms with van der Waals surface area (Å²) in [5, 5.41) is 0.0771. The number of ether oxygens (including phenoxy) is 1. The van der Waals surface area contributed by atoms with Gasteiger partial charge in [0.15, 0.2) is 0 Å². The Balaban J connectivity index is 2.03. The molecule has 1 heterocycles. The molecule has 3 rings (SSSR count). The van der Waals surface area contributed by atoms with Crippen LogP contribution in [0.3, 0.4) is 0 Å². The second-order valence-corrected chi connectivity index (χ2v) is 6.58. The third kappa shape index (κ3) is 4.21. The zero-order valence-corrected chi connectivity index (χ0v) is 16.1. The van der Waals surface area contributed by atoms with E-state index in [2.05, 4.69) is 4.98 Å². The summed E-state index contributed by atoms with van der Waals surface area (Å²) in [6.07, 6.45) is 2.17. The van der Waals surface area contributed by atoms with Crippen LogP contribution in [0.1, 0.15) is 30.1 Å². The lowest BCUT2D eigenvalue weighted by atomic mass is 9.98. The van der Waals surface area contributed by atoms with Crippen molar-refractivity contribution in [3.8, 4) is 28.1 Å². The number of esters is 1. The minimum atomic E-state index is -0.664. The molecule has 0 atom stereocenters. The van der Waals surface area contributed by atoms with Crippen molar-refractivity contribution in [3.63, 3.8) is 0 Å². The molecule has 0 aliphatic heterocycles. The Kier molecular flexibility index (Phi) is 6.06. The summed E-state index contributed by atoms with van der Waals surface area (Å²) in [5.74, 6) is -1.13. The van der Waals surface area contributed by atoms with Crippen LogP contribution >= 0.6 is 11.6 Å². The first kappa shape index (κ1) is 19.6.